The molecule has 0 spiro atoms. The first-order valence-electron chi connectivity index (χ1n) is 7.39. The third-order valence-electron chi connectivity index (χ3n) is 3.32. The first kappa shape index (κ1) is 15.4. The van der Waals surface area contributed by atoms with Crippen molar-refractivity contribution in [1.82, 2.24) is 0 Å². The maximum atomic E-state index is 6.01. The largest absolute Gasteiger partial charge is 0.494 e. The van der Waals surface area contributed by atoms with E-state index in [0.717, 1.165) is 30.1 Å². The van der Waals surface area contributed by atoms with Crippen molar-refractivity contribution in [3.8, 4) is 11.5 Å². The molecule has 21 heavy (non-hydrogen) atoms. The Bertz CT molecular complexity index is 551. The van der Waals surface area contributed by atoms with Crippen molar-refractivity contribution in [3.05, 3.63) is 59.7 Å². The fourth-order valence-electron chi connectivity index (χ4n) is 2.19. The minimum Gasteiger partial charge on any atom is -0.494 e. The van der Waals surface area contributed by atoms with Crippen molar-refractivity contribution in [1.29, 1.82) is 0 Å². The summed E-state index contributed by atoms with van der Waals surface area (Å²) in [5, 5.41) is 0. The predicted octanol–water partition coefficient (Wildman–Crippen LogP) is 3.86. The zero-order valence-corrected chi connectivity index (χ0v) is 12.7. The van der Waals surface area contributed by atoms with Crippen LogP contribution in [0.15, 0.2) is 48.5 Å². The lowest BCUT2D eigenvalue weighted by atomic mass is 10.0. The number of rotatable bonds is 7. The molecule has 2 aromatic rings. The van der Waals surface area contributed by atoms with E-state index in [4.69, 9.17) is 15.2 Å². The Labute approximate surface area is 126 Å². The summed E-state index contributed by atoms with van der Waals surface area (Å²) in [6.45, 7) is 5.34. The van der Waals surface area contributed by atoms with Crippen LogP contribution in [0.25, 0.3) is 0 Å². The first-order valence-corrected chi connectivity index (χ1v) is 7.39. The van der Waals surface area contributed by atoms with Gasteiger partial charge in [-0.15, -0.1) is 0 Å². The van der Waals surface area contributed by atoms with Crippen molar-refractivity contribution in [2.24, 2.45) is 5.73 Å². The number of hydrogen-bond acceptors (Lipinski definition) is 3. The molecule has 1 atom stereocenters. The average molecular weight is 285 g/mol. The summed E-state index contributed by atoms with van der Waals surface area (Å²) in [5.74, 6) is 1.67. The van der Waals surface area contributed by atoms with Gasteiger partial charge in [-0.25, -0.2) is 0 Å². The minimum absolute atomic E-state index is 0.131. The van der Waals surface area contributed by atoms with Gasteiger partial charge in [0.25, 0.3) is 0 Å². The van der Waals surface area contributed by atoms with Crippen LogP contribution < -0.4 is 15.2 Å². The number of ether oxygens (including phenoxy) is 2. The summed E-state index contributed by atoms with van der Waals surface area (Å²) >= 11 is 0. The van der Waals surface area contributed by atoms with Crippen LogP contribution in [0.3, 0.4) is 0 Å². The molecule has 112 valence electrons. The molecule has 0 saturated heterocycles. The van der Waals surface area contributed by atoms with Gasteiger partial charge in [-0.05, 0) is 48.7 Å². The summed E-state index contributed by atoms with van der Waals surface area (Å²) in [6, 6.07) is 15.9. The van der Waals surface area contributed by atoms with Gasteiger partial charge in [-0.1, -0.05) is 31.2 Å². The normalized spacial score (nSPS) is 12.0. The first-order chi connectivity index (χ1) is 10.2. The average Bonchev–Trinajstić information content (AvgIpc) is 2.52. The third kappa shape index (κ3) is 4.23. The van der Waals surface area contributed by atoms with Crippen LogP contribution in [0.1, 0.15) is 30.6 Å². The predicted molar refractivity (Wildman–Crippen MR) is 85.8 cm³/mol. The molecule has 2 N–H and O–H groups in total. The lowest BCUT2D eigenvalue weighted by Gasteiger charge is -2.20. The van der Waals surface area contributed by atoms with Crippen LogP contribution >= 0.6 is 0 Å². The SMILES string of the molecule is CCCOc1ccc(OC(CN)c2ccccc2C)cc1. The summed E-state index contributed by atoms with van der Waals surface area (Å²) in [7, 11) is 0. The number of nitrogens with two attached hydrogens (primary N) is 1. The van der Waals surface area contributed by atoms with Crippen LogP contribution in [-0.2, 0) is 0 Å². The van der Waals surface area contributed by atoms with Crippen molar-refractivity contribution >= 4 is 0 Å². The highest BCUT2D eigenvalue weighted by Gasteiger charge is 2.13. The third-order valence-corrected chi connectivity index (χ3v) is 3.32. The van der Waals surface area contributed by atoms with Crippen molar-refractivity contribution in [2.75, 3.05) is 13.2 Å². The molecule has 0 radical (unpaired) electrons. The summed E-state index contributed by atoms with van der Waals surface area (Å²) in [4.78, 5) is 0. The van der Waals surface area contributed by atoms with Gasteiger partial charge in [0, 0.05) is 6.54 Å². The van der Waals surface area contributed by atoms with Gasteiger partial charge in [-0.2, -0.15) is 0 Å². The summed E-state index contributed by atoms with van der Waals surface area (Å²) in [5.41, 5.74) is 8.19. The Morgan fingerprint density at radius 2 is 1.67 bits per heavy atom. The summed E-state index contributed by atoms with van der Waals surface area (Å²) < 4.78 is 11.6. The lowest BCUT2D eigenvalue weighted by Crippen LogP contribution is -2.19. The van der Waals surface area contributed by atoms with Crippen molar-refractivity contribution < 1.29 is 9.47 Å². The lowest BCUT2D eigenvalue weighted by molar-refractivity contribution is 0.213. The van der Waals surface area contributed by atoms with Crippen molar-refractivity contribution in [2.45, 2.75) is 26.4 Å². The molecule has 1 unspecified atom stereocenters. The Kier molecular flexibility index (Phi) is 5.64. The number of aryl methyl sites for hydroxylation is 1. The minimum atomic E-state index is -0.131. The van der Waals surface area contributed by atoms with Gasteiger partial charge in [0.15, 0.2) is 0 Å². The molecule has 0 saturated carbocycles. The highest BCUT2D eigenvalue weighted by atomic mass is 16.5. The highest BCUT2D eigenvalue weighted by molar-refractivity contribution is 5.33. The Hall–Kier alpha value is -2.00. The molecule has 0 fully saturated rings. The molecule has 3 nitrogen and oxygen atoms in total. The number of benzene rings is 2. The molecule has 2 rings (SSSR count). The molecule has 0 aromatic heterocycles. The Balaban J connectivity index is 2.07. The zero-order chi connectivity index (χ0) is 15.1. The molecule has 0 aliphatic rings. The van der Waals surface area contributed by atoms with E-state index in [1.165, 1.54) is 5.56 Å². The number of hydrogen-bond donors (Lipinski definition) is 1. The Morgan fingerprint density at radius 3 is 2.29 bits per heavy atom. The molecule has 0 aliphatic carbocycles. The highest BCUT2D eigenvalue weighted by Crippen LogP contribution is 2.25. The molecule has 0 bridgehead atoms. The molecule has 2 aromatic carbocycles. The smallest absolute Gasteiger partial charge is 0.136 e. The van der Waals surface area contributed by atoms with Gasteiger partial charge in [0.2, 0.25) is 0 Å². The quantitative estimate of drug-likeness (QED) is 0.840. The second-order valence-corrected chi connectivity index (χ2v) is 5.02. The Morgan fingerprint density at radius 1 is 1.00 bits per heavy atom. The fourth-order valence-corrected chi connectivity index (χ4v) is 2.19. The zero-order valence-electron chi connectivity index (χ0n) is 12.7. The molecule has 0 heterocycles. The second-order valence-electron chi connectivity index (χ2n) is 5.02. The van der Waals surface area contributed by atoms with Gasteiger partial charge >= 0.3 is 0 Å². The van der Waals surface area contributed by atoms with Gasteiger partial charge in [-0.3, -0.25) is 0 Å². The standard InChI is InChI=1S/C18H23NO2/c1-3-12-20-15-8-10-16(11-9-15)21-18(13-19)17-7-5-4-6-14(17)2/h4-11,18H,3,12-13,19H2,1-2H3. The van der Waals surface area contributed by atoms with E-state index in [9.17, 15) is 0 Å². The van der Waals surface area contributed by atoms with Gasteiger partial charge in [0.1, 0.15) is 17.6 Å². The van der Waals surface area contributed by atoms with E-state index in [0.29, 0.717) is 6.54 Å². The van der Waals surface area contributed by atoms with Gasteiger partial charge < -0.3 is 15.2 Å². The van der Waals surface area contributed by atoms with Crippen LogP contribution in [-0.4, -0.2) is 13.2 Å². The maximum Gasteiger partial charge on any atom is 0.136 e. The maximum absolute atomic E-state index is 6.01. The van der Waals surface area contributed by atoms with Crippen LogP contribution in [0.4, 0.5) is 0 Å². The van der Waals surface area contributed by atoms with E-state index in [1.54, 1.807) is 0 Å². The fraction of sp³-hybridized carbons (Fsp3) is 0.333. The summed E-state index contributed by atoms with van der Waals surface area (Å²) in [6.07, 6.45) is 0.870. The monoisotopic (exact) mass is 285 g/mol. The topological polar surface area (TPSA) is 44.5 Å². The van der Waals surface area contributed by atoms with E-state index in [1.807, 2.05) is 36.4 Å². The molecular formula is C18H23NO2. The molecule has 0 aliphatic heterocycles. The van der Waals surface area contributed by atoms with Crippen LogP contribution in [0.5, 0.6) is 11.5 Å². The van der Waals surface area contributed by atoms with Crippen LogP contribution in [0.2, 0.25) is 0 Å². The van der Waals surface area contributed by atoms with E-state index < -0.39 is 0 Å². The van der Waals surface area contributed by atoms with E-state index in [-0.39, 0.29) is 6.10 Å². The molecular weight excluding hydrogens is 262 g/mol. The van der Waals surface area contributed by atoms with E-state index in [2.05, 4.69) is 26.0 Å². The van der Waals surface area contributed by atoms with Gasteiger partial charge in [0.05, 0.1) is 6.61 Å². The van der Waals surface area contributed by atoms with Crippen molar-refractivity contribution in [3.63, 3.8) is 0 Å². The van der Waals surface area contributed by atoms with E-state index >= 15 is 0 Å². The second kappa shape index (κ2) is 7.70. The van der Waals surface area contributed by atoms with Crippen LogP contribution in [0, 0.1) is 6.92 Å². The molecule has 0 amide bonds. The molecule has 3 heteroatoms.